The Morgan fingerprint density at radius 1 is 0.774 bits per heavy atom. The van der Waals surface area contributed by atoms with Crippen molar-refractivity contribution in [2.75, 3.05) is 0 Å². The number of carbonyl (C=O) groups excluding carboxylic acids is 1. The number of rotatable bonds is 12. The van der Waals surface area contributed by atoms with Crippen molar-refractivity contribution in [3.63, 3.8) is 0 Å². The average molecular weight is 422 g/mol. The van der Waals surface area contributed by atoms with Gasteiger partial charge in [-0.15, -0.1) is 0 Å². The molecule has 0 heterocycles. The van der Waals surface area contributed by atoms with Gasteiger partial charge in [-0.2, -0.15) is 0 Å². The Hall–Kier alpha value is -2.86. The Bertz CT molecular complexity index is 859. The van der Waals surface area contributed by atoms with E-state index in [2.05, 4.69) is 0 Å². The highest BCUT2D eigenvalue weighted by Crippen LogP contribution is 2.18. The normalized spacial score (nSPS) is 13.1. The van der Waals surface area contributed by atoms with Crippen LogP contribution in [0.2, 0.25) is 0 Å². The van der Waals surface area contributed by atoms with Crippen LogP contribution >= 0.6 is 0 Å². The van der Waals surface area contributed by atoms with Gasteiger partial charge in [0.1, 0.15) is 6.17 Å². The van der Waals surface area contributed by atoms with Crippen LogP contribution in [-0.4, -0.2) is 29.5 Å². The van der Waals surface area contributed by atoms with Crippen LogP contribution < -0.4 is 0 Å². The number of aliphatic hydroxyl groups is 1. The first-order valence-electron chi connectivity index (χ1n) is 10.3. The quantitative estimate of drug-likeness (QED) is 0.326. The molecule has 3 aromatic rings. The van der Waals surface area contributed by atoms with E-state index in [-0.39, 0.29) is 31.8 Å². The number of benzene rings is 3. The standard InChI is InChI=1S/C26H27FO4/c27-23(25(29)17-24(28)22-14-8-3-9-15-22)16-26(30-18-20-10-4-1-5-11-20)31-19-21-12-6-2-7-13-21/h1-15,23,25-26,29H,16-19H2. The van der Waals surface area contributed by atoms with Gasteiger partial charge in [0.2, 0.25) is 0 Å². The van der Waals surface area contributed by atoms with E-state index in [0.29, 0.717) is 5.56 Å². The van der Waals surface area contributed by atoms with E-state index < -0.39 is 18.6 Å². The van der Waals surface area contributed by atoms with E-state index in [1.54, 1.807) is 30.3 Å². The Kier molecular flexibility index (Phi) is 8.91. The lowest BCUT2D eigenvalue weighted by Gasteiger charge is -2.23. The van der Waals surface area contributed by atoms with Crippen molar-refractivity contribution in [2.24, 2.45) is 0 Å². The number of hydrogen-bond acceptors (Lipinski definition) is 4. The maximum absolute atomic E-state index is 14.8. The van der Waals surface area contributed by atoms with Crippen molar-refractivity contribution in [3.05, 3.63) is 108 Å². The highest BCUT2D eigenvalue weighted by molar-refractivity contribution is 5.96. The van der Waals surface area contributed by atoms with Gasteiger partial charge < -0.3 is 14.6 Å². The first-order valence-corrected chi connectivity index (χ1v) is 10.3. The van der Waals surface area contributed by atoms with E-state index in [4.69, 9.17) is 9.47 Å². The molecule has 0 fully saturated rings. The summed E-state index contributed by atoms with van der Waals surface area (Å²) in [6.45, 7) is 0.512. The summed E-state index contributed by atoms with van der Waals surface area (Å²) in [5.74, 6) is -0.303. The van der Waals surface area contributed by atoms with Crippen LogP contribution in [0, 0.1) is 0 Å². The van der Waals surface area contributed by atoms with E-state index in [1.807, 2.05) is 60.7 Å². The molecule has 0 bridgehead atoms. The van der Waals surface area contributed by atoms with E-state index in [1.165, 1.54) is 0 Å². The van der Waals surface area contributed by atoms with Crippen molar-refractivity contribution < 1.29 is 23.8 Å². The molecule has 0 aromatic heterocycles. The third kappa shape index (κ3) is 7.72. The molecule has 5 heteroatoms. The van der Waals surface area contributed by atoms with Gasteiger partial charge in [0.25, 0.3) is 0 Å². The summed E-state index contributed by atoms with van der Waals surface area (Å²) in [5, 5.41) is 10.3. The topological polar surface area (TPSA) is 55.8 Å². The summed E-state index contributed by atoms with van der Waals surface area (Å²) < 4.78 is 26.4. The minimum Gasteiger partial charge on any atom is -0.390 e. The zero-order valence-corrected chi connectivity index (χ0v) is 17.3. The summed E-state index contributed by atoms with van der Waals surface area (Å²) in [6, 6.07) is 27.6. The molecular weight excluding hydrogens is 395 g/mol. The van der Waals surface area contributed by atoms with Gasteiger partial charge in [0.15, 0.2) is 12.1 Å². The van der Waals surface area contributed by atoms with Crippen LogP contribution in [0.3, 0.4) is 0 Å². The number of hydrogen-bond donors (Lipinski definition) is 1. The van der Waals surface area contributed by atoms with Gasteiger partial charge in [-0.1, -0.05) is 91.0 Å². The van der Waals surface area contributed by atoms with Crippen LogP contribution in [0.25, 0.3) is 0 Å². The number of ketones is 1. The molecule has 3 rings (SSSR count). The van der Waals surface area contributed by atoms with Crippen molar-refractivity contribution in [3.8, 4) is 0 Å². The Labute approximate surface area is 182 Å². The number of aliphatic hydroxyl groups excluding tert-OH is 1. The Morgan fingerprint density at radius 2 is 1.23 bits per heavy atom. The number of ether oxygens (including phenoxy) is 2. The second-order valence-electron chi connectivity index (χ2n) is 7.34. The SMILES string of the molecule is O=C(CC(O)C(F)CC(OCc1ccccc1)OCc1ccccc1)c1ccccc1. The van der Waals surface area contributed by atoms with Gasteiger partial charge in [0.05, 0.1) is 19.3 Å². The van der Waals surface area contributed by atoms with E-state index >= 15 is 0 Å². The van der Waals surface area contributed by atoms with Crippen LogP contribution in [0.15, 0.2) is 91.0 Å². The fourth-order valence-electron chi connectivity index (χ4n) is 3.11. The minimum absolute atomic E-state index is 0.178. The fourth-order valence-corrected chi connectivity index (χ4v) is 3.11. The third-order valence-corrected chi connectivity index (χ3v) is 4.88. The molecule has 2 atom stereocenters. The lowest BCUT2D eigenvalue weighted by molar-refractivity contribution is -0.172. The van der Waals surface area contributed by atoms with Gasteiger partial charge >= 0.3 is 0 Å². The number of alkyl halides is 1. The van der Waals surface area contributed by atoms with E-state index in [0.717, 1.165) is 11.1 Å². The molecule has 0 radical (unpaired) electrons. The average Bonchev–Trinajstić information content (AvgIpc) is 2.82. The Morgan fingerprint density at radius 3 is 1.71 bits per heavy atom. The maximum atomic E-state index is 14.8. The highest BCUT2D eigenvalue weighted by atomic mass is 19.1. The predicted molar refractivity (Wildman–Crippen MR) is 117 cm³/mol. The van der Waals surface area contributed by atoms with Gasteiger partial charge in [-0.05, 0) is 11.1 Å². The third-order valence-electron chi connectivity index (χ3n) is 4.88. The lowest BCUT2D eigenvalue weighted by Crippen LogP contribution is -2.31. The molecule has 1 N–H and O–H groups in total. The summed E-state index contributed by atoms with van der Waals surface area (Å²) in [5.41, 5.74) is 2.32. The molecule has 3 aromatic carbocycles. The van der Waals surface area contributed by atoms with Crippen LogP contribution in [0.1, 0.15) is 34.3 Å². The molecule has 0 aliphatic heterocycles. The van der Waals surface area contributed by atoms with Crippen molar-refractivity contribution in [1.29, 1.82) is 0 Å². The fraction of sp³-hybridized carbons (Fsp3) is 0.269. The molecule has 4 nitrogen and oxygen atoms in total. The maximum Gasteiger partial charge on any atom is 0.165 e. The predicted octanol–water partition coefficient (Wildman–Crippen LogP) is 5.11. The lowest BCUT2D eigenvalue weighted by atomic mass is 10.0. The van der Waals surface area contributed by atoms with Crippen LogP contribution in [0.4, 0.5) is 4.39 Å². The smallest absolute Gasteiger partial charge is 0.165 e. The highest BCUT2D eigenvalue weighted by Gasteiger charge is 2.26. The van der Waals surface area contributed by atoms with Crippen LogP contribution in [-0.2, 0) is 22.7 Å². The second-order valence-corrected chi connectivity index (χ2v) is 7.34. The van der Waals surface area contributed by atoms with Gasteiger partial charge in [0, 0.05) is 18.4 Å². The largest absolute Gasteiger partial charge is 0.390 e. The second kappa shape index (κ2) is 12.1. The monoisotopic (exact) mass is 422 g/mol. The molecule has 2 unspecified atom stereocenters. The molecule has 162 valence electrons. The van der Waals surface area contributed by atoms with Gasteiger partial charge in [-0.25, -0.2) is 4.39 Å². The van der Waals surface area contributed by atoms with Gasteiger partial charge in [-0.3, -0.25) is 4.79 Å². The molecule has 0 amide bonds. The van der Waals surface area contributed by atoms with Crippen molar-refractivity contribution >= 4 is 5.78 Å². The van der Waals surface area contributed by atoms with Crippen molar-refractivity contribution in [2.45, 2.75) is 44.6 Å². The molecule has 0 aliphatic carbocycles. The Balaban J connectivity index is 1.57. The number of Topliss-reactive ketones (excluding diaryl/α,β-unsaturated/α-hetero) is 1. The summed E-state index contributed by atoms with van der Waals surface area (Å²) in [4.78, 5) is 12.3. The first kappa shape index (κ1) is 22.8. The molecule has 0 saturated heterocycles. The molecular formula is C26H27FO4. The number of halogens is 1. The minimum atomic E-state index is -1.66. The van der Waals surface area contributed by atoms with Crippen molar-refractivity contribution in [1.82, 2.24) is 0 Å². The molecule has 0 aliphatic rings. The summed E-state index contributed by atoms with van der Waals surface area (Å²) in [6.07, 6.45) is -4.44. The summed E-state index contributed by atoms with van der Waals surface area (Å²) >= 11 is 0. The zero-order valence-electron chi connectivity index (χ0n) is 17.3. The molecule has 0 spiro atoms. The van der Waals surface area contributed by atoms with Crippen LogP contribution in [0.5, 0.6) is 0 Å². The summed E-state index contributed by atoms with van der Waals surface area (Å²) in [7, 11) is 0. The number of carbonyl (C=O) groups is 1. The molecule has 31 heavy (non-hydrogen) atoms. The molecule has 0 saturated carbocycles. The zero-order chi connectivity index (χ0) is 21.9. The van der Waals surface area contributed by atoms with E-state index in [9.17, 15) is 14.3 Å². The first-order chi connectivity index (χ1) is 15.1.